The highest BCUT2D eigenvalue weighted by molar-refractivity contribution is 9.10. The molecule has 72 valence electrons. The molecule has 0 aliphatic carbocycles. The Kier molecular flexibility index (Phi) is 3.54. The number of carbonyl (C=O) groups excluding carboxylic acids is 1. The Labute approximate surface area is 86.3 Å². The number of halogens is 1. The highest BCUT2D eigenvalue weighted by Gasteiger charge is 2.13. The fourth-order valence-corrected chi connectivity index (χ4v) is 1.52. The topological polar surface area (TPSA) is 36.1 Å². The van der Waals surface area contributed by atoms with Crippen LogP contribution in [0.2, 0.25) is 0 Å². The van der Waals surface area contributed by atoms with Crippen LogP contribution in [-0.2, 0) is 0 Å². The largest absolute Gasteiger partial charge is 0.356 e. The summed E-state index contributed by atoms with van der Waals surface area (Å²) in [7, 11) is 0. The van der Waals surface area contributed by atoms with Gasteiger partial charge in [0.15, 0.2) is 0 Å². The summed E-state index contributed by atoms with van der Waals surface area (Å²) in [5.41, 5.74) is 0.635. The molecule has 1 aromatic heterocycles. The Balaban J connectivity index is 2.78. The van der Waals surface area contributed by atoms with Crippen LogP contribution in [0.4, 0.5) is 0 Å². The van der Waals surface area contributed by atoms with Gasteiger partial charge in [0.25, 0.3) is 5.91 Å². The lowest BCUT2D eigenvalue weighted by molar-refractivity contribution is 0.0768. The number of carbonyl (C=O) groups is 1. The third-order valence-corrected chi connectivity index (χ3v) is 2.39. The van der Waals surface area contributed by atoms with Crippen molar-refractivity contribution in [3.63, 3.8) is 0 Å². The van der Waals surface area contributed by atoms with Crippen molar-refractivity contribution in [3.8, 4) is 0 Å². The number of hydrogen-bond donors (Lipinski definition) is 1. The van der Waals surface area contributed by atoms with Gasteiger partial charge in [0.05, 0.1) is 0 Å². The lowest BCUT2D eigenvalue weighted by atomic mass is 10.3. The van der Waals surface area contributed by atoms with Crippen LogP contribution in [0.25, 0.3) is 0 Å². The Morgan fingerprint density at radius 3 is 2.54 bits per heavy atom. The Bertz CT molecular complexity index is 292. The average molecular weight is 245 g/mol. The predicted molar refractivity (Wildman–Crippen MR) is 55.7 cm³/mol. The van der Waals surface area contributed by atoms with Crippen LogP contribution < -0.4 is 0 Å². The minimum atomic E-state index is 0.0516. The van der Waals surface area contributed by atoms with Gasteiger partial charge in [-0.25, -0.2) is 0 Å². The van der Waals surface area contributed by atoms with Crippen molar-refractivity contribution < 1.29 is 4.79 Å². The molecule has 1 amide bonds. The van der Waals surface area contributed by atoms with Crippen LogP contribution in [0.1, 0.15) is 24.3 Å². The van der Waals surface area contributed by atoms with E-state index in [1.54, 1.807) is 17.2 Å². The van der Waals surface area contributed by atoms with Crippen molar-refractivity contribution in [2.45, 2.75) is 13.8 Å². The smallest absolute Gasteiger partial charge is 0.270 e. The molecule has 3 nitrogen and oxygen atoms in total. The molecular formula is C9H13BrN2O. The molecule has 0 saturated carbocycles. The predicted octanol–water partition coefficient (Wildman–Crippen LogP) is 2.26. The minimum Gasteiger partial charge on any atom is -0.356 e. The first kappa shape index (κ1) is 10.3. The van der Waals surface area contributed by atoms with Crippen LogP contribution in [0.3, 0.4) is 0 Å². The molecule has 0 radical (unpaired) electrons. The van der Waals surface area contributed by atoms with E-state index in [4.69, 9.17) is 0 Å². The van der Waals surface area contributed by atoms with Gasteiger partial charge in [0.1, 0.15) is 5.69 Å². The van der Waals surface area contributed by atoms with Crippen molar-refractivity contribution in [2.24, 2.45) is 0 Å². The monoisotopic (exact) mass is 244 g/mol. The number of rotatable bonds is 3. The van der Waals surface area contributed by atoms with E-state index in [9.17, 15) is 4.79 Å². The Morgan fingerprint density at radius 2 is 2.15 bits per heavy atom. The summed E-state index contributed by atoms with van der Waals surface area (Å²) < 4.78 is 0.906. The van der Waals surface area contributed by atoms with Gasteiger partial charge < -0.3 is 9.88 Å². The first-order chi connectivity index (χ1) is 6.19. The van der Waals surface area contributed by atoms with Gasteiger partial charge in [-0.3, -0.25) is 4.79 Å². The third kappa shape index (κ3) is 2.34. The molecule has 0 bridgehead atoms. The third-order valence-electron chi connectivity index (χ3n) is 1.93. The second kappa shape index (κ2) is 4.46. The number of aromatic nitrogens is 1. The Hall–Kier alpha value is -0.770. The van der Waals surface area contributed by atoms with Crippen molar-refractivity contribution >= 4 is 21.8 Å². The van der Waals surface area contributed by atoms with E-state index in [1.165, 1.54) is 0 Å². The van der Waals surface area contributed by atoms with Gasteiger partial charge in [-0.2, -0.15) is 0 Å². The van der Waals surface area contributed by atoms with Gasteiger partial charge in [-0.1, -0.05) is 0 Å². The fraction of sp³-hybridized carbons (Fsp3) is 0.444. The standard InChI is InChI=1S/C9H13BrN2O/c1-3-12(4-2)9(13)8-5-7(10)6-11-8/h5-6,11H,3-4H2,1-2H3. The van der Waals surface area contributed by atoms with E-state index in [-0.39, 0.29) is 5.91 Å². The Morgan fingerprint density at radius 1 is 1.54 bits per heavy atom. The first-order valence-corrected chi connectivity index (χ1v) is 5.11. The second-order valence-electron chi connectivity index (χ2n) is 2.71. The zero-order chi connectivity index (χ0) is 9.84. The molecule has 1 heterocycles. The summed E-state index contributed by atoms with van der Waals surface area (Å²) in [6.07, 6.45) is 1.76. The molecule has 0 fully saturated rings. The molecule has 1 rings (SSSR count). The van der Waals surface area contributed by atoms with Crippen molar-refractivity contribution in [2.75, 3.05) is 13.1 Å². The molecule has 13 heavy (non-hydrogen) atoms. The van der Waals surface area contributed by atoms with Crippen molar-refractivity contribution in [1.82, 2.24) is 9.88 Å². The number of H-pyrrole nitrogens is 1. The van der Waals surface area contributed by atoms with Gasteiger partial charge >= 0.3 is 0 Å². The van der Waals surface area contributed by atoms with Crippen molar-refractivity contribution in [3.05, 3.63) is 22.4 Å². The highest BCUT2D eigenvalue weighted by Crippen LogP contribution is 2.12. The van der Waals surface area contributed by atoms with Gasteiger partial charge in [-0.15, -0.1) is 0 Å². The normalized spacial score (nSPS) is 10.1. The molecular weight excluding hydrogens is 232 g/mol. The lowest BCUT2D eigenvalue weighted by Gasteiger charge is -2.17. The molecule has 1 aromatic rings. The summed E-state index contributed by atoms with van der Waals surface area (Å²) in [5.74, 6) is 0.0516. The van der Waals surface area contributed by atoms with Crippen LogP contribution in [0.5, 0.6) is 0 Å². The number of aromatic amines is 1. The van der Waals surface area contributed by atoms with E-state index in [0.29, 0.717) is 5.69 Å². The van der Waals surface area contributed by atoms with Gasteiger partial charge in [-0.05, 0) is 35.8 Å². The molecule has 0 atom stereocenters. The summed E-state index contributed by atoms with van der Waals surface area (Å²) in [5, 5.41) is 0. The first-order valence-electron chi connectivity index (χ1n) is 4.32. The summed E-state index contributed by atoms with van der Waals surface area (Å²) in [6.45, 7) is 5.43. The lowest BCUT2D eigenvalue weighted by Crippen LogP contribution is -2.30. The quantitative estimate of drug-likeness (QED) is 0.871. The highest BCUT2D eigenvalue weighted by atomic mass is 79.9. The second-order valence-corrected chi connectivity index (χ2v) is 3.62. The molecule has 0 unspecified atom stereocenters. The van der Waals surface area contributed by atoms with Gasteiger partial charge in [0.2, 0.25) is 0 Å². The number of amides is 1. The maximum absolute atomic E-state index is 11.7. The van der Waals surface area contributed by atoms with E-state index < -0.39 is 0 Å². The maximum Gasteiger partial charge on any atom is 0.270 e. The summed E-state index contributed by atoms with van der Waals surface area (Å²) in [4.78, 5) is 16.4. The molecule has 1 N–H and O–H groups in total. The molecule has 0 aliphatic heterocycles. The maximum atomic E-state index is 11.7. The number of nitrogens with zero attached hydrogens (tertiary/aromatic N) is 1. The minimum absolute atomic E-state index is 0.0516. The van der Waals surface area contributed by atoms with E-state index in [0.717, 1.165) is 17.6 Å². The van der Waals surface area contributed by atoms with E-state index >= 15 is 0 Å². The summed E-state index contributed by atoms with van der Waals surface area (Å²) >= 11 is 3.29. The molecule has 0 aromatic carbocycles. The fourth-order valence-electron chi connectivity index (χ4n) is 1.17. The zero-order valence-electron chi connectivity index (χ0n) is 7.80. The molecule has 0 aliphatic rings. The number of hydrogen-bond acceptors (Lipinski definition) is 1. The van der Waals surface area contributed by atoms with E-state index in [2.05, 4.69) is 20.9 Å². The summed E-state index contributed by atoms with van der Waals surface area (Å²) in [6, 6.07) is 1.79. The number of nitrogens with one attached hydrogen (secondary N) is 1. The van der Waals surface area contributed by atoms with Crippen LogP contribution in [0, 0.1) is 0 Å². The van der Waals surface area contributed by atoms with Crippen LogP contribution in [0.15, 0.2) is 16.7 Å². The van der Waals surface area contributed by atoms with Crippen LogP contribution in [-0.4, -0.2) is 28.9 Å². The zero-order valence-corrected chi connectivity index (χ0v) is 9.39. The molecule has 0 spiro atoms. The van der Waals surface area contributed by atoms with Crippen molar-refractivity contribution in [1.29, 1.82) is 0 Å². The molecule has 4 heteroatoms. The molecule has 0 saturated heterocycles. The SMILES string of the molecule is CCN(CC)C(=O)c1cc(Br)c[nH]1. The van der Waals surface area contributed by atoms with Gasteiger partial charge in [0, 0.05) is 23.8 Å². The van der Waals surface area contributed by atoms with Crippen LogP contribution >= 0.6 is 15.9 Å². The van der Waals surface area contributed by atoms with E-state index in [1.807, 2.05) is 13.8 Å². The average Bonchev–Trinajstić information content (AvgIpc) is 2.54.